The van der Waals surface area contributed by atoms with Crippen molar-refractivity contribution in [3.8, 4) is 11.1 Å². The summed E-state index contributed by atoms with van der Waals surface area (Å²) < 4.78 is 2.26. The van der Waals surface area contributed by atoms with E-state index in [0.29, 0.717) is 0 Å². The number of fused-ring (bicyclic) bond motifs is 12. The Kier molecular flexibility index (Phi) is 2.54. The van der Waals surface area contributed by atoms with Crippen LogP contribution < -0.4 is 0 Å². The van der Waals surface area contributed by atoms with Crippen molar-refractivity contribution in [2.45, 2.75) is 6.42 Å². The number of para-hydroxylation sites is 1. The molecule has 0 amide bonds. The van der Waals surface area contributed by atoms with E-state index in [2.05, 4.69) is 70.0 Å². The largest absolute Gasteiger partial charge is 0.290 e. The Hall–Kier alpha value is -3.72. The van der Waals surface area contributed by atoms with Crippen molar-refractivity contribution >= 4 is 38.4 Å². The molecule has 3 aromatic carbocycles. The zero-order chi connectivity index (χ0) is 18.2. The number of benzene rings is 3. The third-order valence-corrected chi connectivity index (χ3v) is 6.10. The van der Waals surface area contributed by atoms with Gasteiger partial charge in [0.2, 0.25) is 0 Å². The van der Waals surface area contributed by atoms with Crippen LogP contribution in [0.3, 0.4) is 0 Å². The fourth-order valence-electron chi connectivity index (χ4n) is 4.93. The molecule has 0 spiro atoms. The van der Waals surface area contributed by atoms with E-state index in [9.17, 15) is 0 Å². The van der Waals surface area contributed by atoms with Gasteiger partial charge in [-0.15, -0.1) is 0 Å². The van der Waals surface area contributed by atoms with Crippen molar-refractivity contribution in [1.29, 1.82) is 0 Å². The Balaban J connectivity index is 1.77. The molecule has 1 aliphatic rings. The second kappa shape index (κ2) is 4.96. The van der Waals surface area contributed by atoms with E-state index in [1.165, 1.54) is 43.9 Å². The first-order valence-corrected chi connectivity index (χ1v) is 9.57. The highest BCUT2D eigenvalue weighted by molar-refractivity contribution is 6.17. The molecule has 6 aromatic rings. The number of hydrogen-bond donors (Lipinski definition) is 0. The lowest BCUT2D eigenvalue weighted by Crippen LogP contribution is -1.94. The van der Waals surface area contributed by atoms with Crippen LogP contribution in [0.5, 0.6) is 0 Å². The molecule has 3 nitrogen and oxygen atoms in total. The molecule has 28 heavy (non-hydrogen) atoms. The van der Waals surface area contributed by atoms with Crippen molar-refractivity contribution in [1.82, 2.24) is 14.4 Å². The summed E-state index contributed by atoms with van der Waals surface area (Å²) in [5.41, 5.74) is 9.78. The first-order valence-electron chi connectivity index (χ1n) is 9.57. The predicted molar refractivity (Wildman–Crippen MR) is 114 cm³/mol. The molecule has 0 bridgehead atoms. The summed E-state index contributed by atoms with van der Waals surface area (Å²) in [6, 6.07) is 23.9. The smallest absolute Gasteiger partial charge is 0.146 e. The molecule has 3 heteroatoms. The predicted octanol–water partition coefficient (Wildman–Crippen LogP) is 5.76. The SMILES string of the molecule is c1ccc2c(c1)Cc1c-2ccc2c1c1ccccc1n1c3cnccc3nc21. The van der Waals surface area contributed by atoms with Crippen LogP contribution in [-0.2, 0) is 6.42 Å². The molecule has 3 aromatic heterocycles. The summed E-state index contributed by atoms with van der Waals surface area (Å²) in [5.74, 6) is 0. The van der Waals surface area contributed by atoms with Crippen LogP contribution in [0.25, 0.3) is 49.5 Å². The number of pyridine rings is 2. The van der Waals surface area contributed by atoms with Gasteiger partial charge in [0.05, 0.1) is 22.7 Å². The van der Waals surface area contributed by atoms with Gasteiger partial charge in [-0.2, -0.15) is 0 Å². The maximum atomic E-state index is 4.99. The molecule has 0 saturated heterocycles. The molecular weight excluding hydrogens is 342 g/mol. The quantitative estimate of drug-likeness (QED) is 0.323. The van der Waals surface area contributed by atoms with Gasteiger partial charge >= 0.3 is 0 Å². The van der Waals surface area contributed by atoms with E-state index in [1.807, 2.05) is 18.5 Å². The zero-order valence-electron chi connectivity index (χ0n) is 15.1. The van der Waals surface area contributed by atoms with Crippen LogP contribution in [0.2, 0.25) is 0 Å². The first-order chi connectivity index (χ1) is 13.9. The summed E-state index contributed by atoms with van der Waals surface area (Å²) in [7, 11) is 0. The Morgan fingerprint density at radius 2 is 1.64 bits per heavy atom. The average molecular weight is 357 g/mol. The Morgan fingerprint density at radius 3 is 2.64 bits per heavy atom. The van der Waals surface area contributed by atoms with Crippen molar-refractivity contribution in [3.63, 3.8) is 0 Å². The van der Waals surface area contributed by atoms with E-state index in [0.717, 1.165) is 23.1 Å². The van der Waals surface area contributed by atoms with E-state index < -0.39 is 0 Å². The van der Waals surface area contributed by atoms with Crippen molar-refractivity contribution in [3.05, 3.63) is 90.3 Å². The summed E-state index contributed by atoms with van der Waals surface area (Å²) in [6.45, 7) is 0. The van der Waals surface area contributed by atoms with E-state index in [4.69, 9.17) is 4.98 Å². The molecular formula is C25H15N3. The maximum Gasteiger partial charge on any atom is 0.146 e. The minimum atomic E-state index is 0.977. The number of imidazole rings is 1. The molecule has 130 valence electrons. The molecule has 0 radical (unpaired) electrons. The topological polar surface area (TPSA) is 30.2 Å². The van der Waals surface area contributed by atoms with Gasteiger partial charge in [0.15, 0.2) is 0 Å². The van der Waals surface area contributed by atoms with Crippen molar-refractivity contribution in [2.24, 2.45) is 0 Å². The molecule has 3 heterocycles. The van der Waals surface area contributed by atoms with Gasteiger partial charge in [-0.1, -0.05) is 48.5 Å². The van der Waals surface area contributed by atoms with Crippen molar-refractivity contribution < 1.29 is 0 Å². The number of nitrogens with zero attached hydrogens (tertiary/aromatic N) is 3. The first kappa shape index (κ1) is 14.4. The van der Waals surface area contributed by atoms with Crippen LogP contribution >= 0.6 is 0 Å². The summed E-state index contributed by atoms with van der Waals surface area (Å²) in [5, 5.41) is 3.82. The molecule has 0 saturated carbocycles. The Bertz CT molecular complexity index is 1590. The normalized spacial score (nSPS) is 12.9. The van der Waals surface area contributed by atoms with Gasteiger partial charge in [-0.25, -0.2) is 4.98 Å². The maximum absolute atomic E-state index is 4.99. The minimum absolute atomic E-state index is 0.977. The summed E-state index contributed by atoms with van der Waals surface area (Å²) >= 11 is 0. The van der Waals surface area contributed by atoms with E-state index >= 15 is 0 Å². The third-order valence-electron chi connectivity index (χ3n) is 6.10. The van der Waals surface area contributed by atoms with Crippen LogP contribution in [-0.4, -0.2) is 14.4 Å². The van der Waals surface area contributed by atoms with E-state index in [-0.39, 0.29) is 0 Å². The van der Waals surface area contributed by atoms with Gasteiger partial charge in [0.25, 0.3) is 0 Å². The fourth-order valence-corrected chi connectivity index (χ4v) is 4.93. The second-order valence-corrected chi connectivity index (χ2v) is 7.50. The van der Waals surface area contributed by atoms with E-state index in [1.54, 1.807) is 0 Å². The summed E-state index contributed by atoms with van der Waals surface area (Å²) in [4.78, 5) is 9.34. The van der Waals surface area contributed by atoms with Crippen LogP contribution in [0.1, 0.15) is 11.1 Å². The molecule has 1 aliphatic carbocycles. The monoisotopic (exact) mass is 357 g/mol. The highest BCUT2D eigenvalue weighted by Crippen LogP contribution is 2.43. The number of hydrogen-bond acceptors (Lipinski definition) is 2. The van der Waals surface area contributed by atoms with Gasteiger partial charge in [-0.3, -0.25) is 9.38 Å². The molecule has 0 aliphatic heterocycles. The molecule has 0 fully saturated rings. The van der Waals surface area contributed by atoms with Gasteiger partial charge in [0.1, 0.15) is 5.65 Å². The molecule has 0 atom stereocenters. The lowest BCUT2D eigenvalue weighted by molar-refractivity contribution is 1.27. The van der Waals surface area contributed by atoms with Gasteiger partial charge < -0.3 is 0 Å². The number of rotatable bonds is 0. The Labute approximate surface area is 160 Å². The average Bonchev–Trinajstić information content (AvgIpc) is 3.32. The van der Waals surface area contributed by atoms with Crippen LogP contribution in [0, 0.1) is 0 Å². The zero-order valence-corrected chi connectivity index (χ0v) is 15.1. The molecule has 0 unspecified atom stereocenters. The third kappa shape index (κ3) is 1.65. The van der Waals surface area contributed by atoms with Gasteiger partial charge in [0, 0.05) is 17.0 Å². The highest BCUT2D eigenvalue weighted by atomic mass is 15.0. The van der Waals surface area contributed by atoms with Crippen molar-refractivity contribution in [2.75, 3.05) is 0 Å². The molecule has 0 N–H and O–H groups in total. The lowest BCUT2D eigenvalue weighted by Gasteiger charge is -2.12. The second-order valence-electron chi connectivity index (χ2n) is 7.50. The fraction of sp³-hybridized carbons (Fsp3) is 0.0400. The highest BCUT2D eigenvalue weighted by Gasteiger charge is 2.23. The van der Waals surface area contributed by atoms with Crippen LogP contribution in [0.4, 0.5) is 0 Å². The standard InChI is InChI=1S/C25H15N3/c1-2-6-16-15(5-1)13-20-17(16)9-10-19-24(20)18-7-3-4-8-22(18)28-23-14-26-12-11-21(23)27-25(19)28/h1-12,14H,13H2. The summed E-state index contributed by atoms with van der Waals surface area (Å²) in [6.07, 6.45) is 4.70. The Morgan fingerprint density at radius 1 is 0.750 bits per heavy atom. The minimum Gasteiger partial charge on any atom is -0.290 e. The van der Waals surface area contributed by atoms with Gasteiger partial charge in [-0.05, 0) is 52.3 Å². The lowest BCUT2D eigenvalue weighted by atomic mass is 9.96. The molecule has 7 rings (SSSR count). The van der Waals surface area contributed by atoms with Crippen LogP contribution in [0.15, 0.2) is 79.1 Å². The number of aromatic nitrogens is 3.